The van der Waals surface area contributed by atoms with Crippen molar-refractivity contribution in [3.8, 4) is 34.2 Å². The van der Waals surface area contributed by atoms with Crippen LogP contribution >= 0.6 is 0 Å². The third-order valence-corrected chi connectivity index (χ3v) is 18.0. The number of fused-ring (bicyclic) bond motifs is 3. The minimum absolute atomic E-state index is 0. The number of halogens is 3. The van der Waals surface area contributed by atoms with Gasteiger partial charge in [0.05, 0.1) is 52.0 Å². The van der Waals surface area contributed by atoms with Crippen molar-refractivity contribution < 1.29 is 41.3 Å². The molecular weight excluding hydrogens is 1080 g/mol. The molecule has 6 aliphatic rings. The first-order valence-electron chi connectivity index (χ1n) is 29.1. The summed E-state index contributed by atoms with van der Waals surface area (Å²) in [5.74, 6) is 1.92. The van der Waals surface area contributed by atoms with Gasteiger partial charge in [-0.1, -0.05) is 0 Å². The third kappa shape index (κ3) is 11.0. The highest BCUT2D eigenvalue weighted by Crippen LogP contribution is 2.44. The van der Waals surface area contributed by atoms with E-state index in [1.165, 1.54) is 18.2 Å². The van der Waals surface area contributed by atoms with Crippen molar-refractivity contribution in [3.63, 3.8) is 0 Å². The summed E-state index contributed by atoms with van der Waals surface area (Å²) in [6.07, 6.45) is 11.4. The number of piperazine rings is 3. The zero-order valence-electron chi connectivity index (χ0n) is 47.1. The van der Waals surface area contributed by atoms with Crippen molar-refractivity contribution in [2.24, 2.45) is 17.8 Å². The standard InChI is InChI=1S/3C20H23FN6O.9H2/c3*1-20(28,12-4-5-12)15-11-27(10-9-22-15)16-7-6-14(21)18(24-16)17-13-3-2-8-23-19(13)26-25-17;;;;;;;;;/h3*2-3,6-8,12,15,22,28H,4-5,9-11H2,1H3,(H,23,25,26);9*1H. The second kappa shape index (κ2) is 22.4. The second-order valence-corrected chi connectivity index (χ2v) is 23.8. The van der Waals surface area contributed by atoms with E-state index >= 15 is 0 Å². The normalized spacial score (nSPS) is 22.4. The van der Waals surface area contributed by atoms with Crippen molar-refractivity contribution in [1.29, 1.82) is 0 Å². The molecule has 0 spiro atoms. The van der Waals surface area contributed by atoms with Crippen molar-refractivity contribution in [3.05, 3.63) is 109 Å². The minimum Gasteiger partial charge on any atom is -0.388 e. The van der Waals surface area contributed by atoms with Crippen molar-refractivity contribution in [2.45, 2.75) is 94.2 Å². The van der Waals surface area contributed by atoms with Crippen LogP contribution in [0.1, 0.15) is 72.1 Å². The molecule has 9 aromatic rings. The molecule has 0 radical (unpaired) electrons. The van der Waals surface area contributed by atoms with Crippen LogP contribution in [0.5, 0.6) is 0 Å². The van der Waals surface area contributed by atoms with Gasteiger partial charge in [0, 0.05) is 106 Å². The SMILES string of the molecule is CC(O)(C1CC1)C1CN(c2ccc(F)c(-c3[nH]nc4ncccc34)n2)CCN1.CC(O)(C1CC1)C1CN(c2ccc(F)c(-c3[nH]nc4ncccc34)n2)CCN1.CC(O)(C1CC1)C1CN(c2ccc(F)c(-c3[nH]nc4ncccc34)n2)CCN1.[HH].[HH].[HH].[HH].[HH].[HH].[HH].[HH].[HH]. The Morgan fingerprint density at radius 1 is 0.440 bits per heavy atom. The highest BCUT2D eigenvalue weighted by Gasteiger charge is 2.49. The van der Waals surface area contributed by atoms with Crippen LogP contribution in [0.3, 0.4) is 0 Å². The van der Waals surface area contributed by atoms with E-state index in [0.717, 1.165) is 94.0 Å². The van der Waals surface area contributed by atoms with Crippen molar-refractivity contribution in [1.82, 2.24) is 76.4 Å². The van der Waals surface area contributed by atoms with Crippen LogP contribution in [0.2, 0.25) is 0 Å². The average Bonchev–Trinajstić information content (AvgIpc) is 1.64. The molecule has 24 heteroatoms. The molecule has 15 rings (SSSR count). The van der Waals surface area contributed by atoms with E-state index in [1.807, 2.05) is 39.0 Å². The Labute approximate surface area is 495 Å². The molecule has 9 N–H and O–H groups in total. The summed E-state index contributed by atoms with van der Waals surface area (Å²) < 4.78 is 43.8. The van der Waals surface area contributed by atoms with Crippen molar-refractivity contribution in [2.75, 3.05) is 73.6 Å². The van der Waals surface area contributed by atoms with E-state index in [0.29, 0.717) is 88.9 Å². The first-order valence-corrected chi connectivity index (χ1v) is 29.1. The molecule has 0 aromatic carbocycles. The smallest absolute Gasteiger partial charge is 0.181 e. The number of pyridine rings is 6. The molecule has 0 bridgehead atoms. The molecule has 6 fully saturated rings. The quantitative estimate of drug-likeness (QED) is 0.0555. The van der Waals surface area contributed by atoms with Gasteiger partial charge in [-0.15, -0.1) is 0 Å². The van der Waals surface area contributed by atoms with E-state index in [2.05, 4.69) is 91.1 Å². The lowest BCUT2D eigenvalue weighted by Gasteiger charge is -2.42. The van der Waals surface area contributed by atoms with Crippen molar-refractivity contribution >= 4 is 50.6 Å². The summed E-state index contributed by atoms with van der Waals surface area (Å²) >= 11 is 0. The van der Waals surface area contributed by atoms with Gasteiger partial charge >= 0.3 is 0 Å². The number of nitrogens with zero attached hydrogens (tertiary/aromatic N) is 12. The van der Waals surface area contributed by atoms with E-state index in [-0.39, 0.29) is 48.0 Å². The third-order valence-electron chi connectivity index (χ3n) is 18.0. The summed E-state index contributed by atoms with van der Waals surface area (Å²) in [5.41, 5.74) is 1.65. The second-order valence-electron chi connectivity index (χ2n) is 23.8. The minimum atomic E-state index is -0.743. The average molecular weight is 1170 g/mol. The lowest BCUT2D eigenvalue weighted by molar-refractivity contribution is -0.00306. The maximum Gasteiger partial charge on any atom is 0.181 e. The Balaban J connectivity index is 0.000000284. The van der Waals surface area contributed by atoms with Gasteiger partial charge in [0.1, 0.15) is 34.5 Å². The molecule has 3 aliphatic carbocycles. The van der Waals surface area contributed by atoms with Crippen LogP contribution in [0.15, 0.2) is 91.4 Å². The number of aromatic amines is 3. The molecule has 6 atom stereocenters. The monoisotopic (exact) mass is 1160 g/mol. The molecule has 3 saturated carbocycles. The Hall–Kier alpha value is -7.74. The number of anilines is 3. The van der Waals surface area contributed by atoms with Gasteiger partial charge in [0.25, 0.3) is 0 Å². The number of nitrogens with one attached hydrogen (secondary N) is 6. The van der Waals surface area contributed by atoms with Crippen LogP contribution in [-0.4, -0.2) is 170 Å². The fourth-order valence-corrected chi connectivity index (χ4v) is 12.3. The fourth-order valence-electron chi connectivity index (χ4n) is 12.3. The molecule has 6 unspecified atom stereocenters. The molecular formula is C60H87F3N18O3. The number of H-pyrrole nitrogens is 3. The highest BCUT2D eigenvalue weighted by molar-refractivity contribution is 5.91. The Bertz CT molecular complexity index is 3480. The van der Waals surface area contributed by atoms with Crippen LogP contribution in [-0.2, 0) is 0 Å². The van der Waals surface area contributed by atoms with Crippen LogP contribution in [0.25, 0.3) is 67.3 Å². The van der Waals surface area contributed by atoms with Gasteiger partial charge in [-0.3, -0.25) is 15.3 Å². The molecule has 9 aromatic heterocycles. The summed E-state index contributed by atoms with van der Waals surface area (Å²) in [5, 5.41) is 66.4. The van der Waals surface area contributed by atoms with Crippen LogP contribution in [0.4, 0.5) is 30.6 Å². The summed E-state index contributed by atoms with van der Waals surface area (Å²) in [6, 6.07) is 20.2. The number of aromatic nitrogens is 12. The first-order chi connectivity index (χ1) is 40.6. The number of hydrogen-bond donors (Lipinski definition) is 9. The van der Waals surface area contributed by atoms with E-state index in [9.17, 15) is 28.5 Å². The maximum atomic E-state index is 14.6. The van der Waals surface area contributed by atoms with Gasteiger partial charge in [0.2, 0.25) is 0 Å². The van der Waals surface area contributed by atoms with Crippen LogP contribution in [0, 0.1) is 35.2 Å². The lowest BCUT2D eigenvalue weighted by Crippen LogP contribution is -2.61. The van der Waals surface area contributed by atoms with Gasteiger partial charge in [-0.25, -0.2) is 43.1 Å². The number of hydrogen-bond acceptors (Lipinski definition) is 18. The molecule has 84 heavy (non-hydrogen) atoms. The molecule has 456 valence electrons. The Morgan fingerprint density at radius 3 is 1.00 bits per heavy atom. The number of rotatable bonds is 12. The largest absolute Gasteiger partial charge is 0.388 e. The molecule has 0 amide bonds. The molecule has 21 nitrogen and oxygen atoms in total. The lowest BCUT2D eigenvalue weighted by atomic mass is 9.89. The zero-order chi connectivity index (χ0) is 57.9. The molecule has 3 aliphatic heterocycles. The maximum absolute atomic E-state index is 14.6. The van der Waals surface area contributed by atoms with Gasteiger partial charge in [-0.05, 0) is 150 Å². The van der Waals surface area contributed by atoms with E-state index in [1.54, 1.807) is 55.0 Å². The fraction of sp³-hybridized carbons (Fsp3) is 0.450. The first kappa shape index (κ1) is 55.4. The summed E-state index contributed by atoms with van der Waals surface area (Å²) in [7, 11) is 0. The summed E-state index contributed by atoms with van der Waals surface area (Å²) in [6.45, 7) is 12.1. The predicted molar refractivity (Wildman–Crippen MR) is 332 cm³/mol. The Kier molecular flexibility index (Phi) is 14.8. The van der Waals surface area contributed by atoms with E-state index < -0.39 is 34.3 Å². The van der Waals surface area contributed by atoms with E-state index in [4.69, 9.17) is 0 Å². The highest BCUT2D eigenvalue weighted by atomic mass is 19.1. The summed E-state index contributed by atoms with van der Waals surface area (Å²) in [4.78, 5) is 32.7. The number of aliphatic hydroxyl groups is 3. The molecule has 3 saturated heterocycles. The topological polar surface area (TPSA) is 270 Å². The van der Waals surface area contributed by atoms with Crippen LogP contribution < -0.4 is 30.7 Å². The zero-order valence-corrected chi connectivity index (χ0v) is 47.1. The van der Waals surface area contributed by atoms with Gasteiger partial charge in [0.15, 0.2) is 34.4 Å². The predicted octanol–water partition coefficient (Wildman–Crippen LogP) is 8.51. The Morgan fingerprint density at radius 2 is 0.726 bits per heavy atom. The van der Waals surface area contributed by atoms with Gasteiger partial charge in [-0.2, -0.15) is 15.3 Å². The molecule has 12 heterocycles. The van der Waals surface area contributed by atoms with Gasteiger partial charge < -0.3 is 46.0 Å².